The molecule has 0 bridgehead atoms. The minimum atomic E-state index is -0.988. The number of rotatable bonds is 3. The molecule has 1 aromatic rings. The molecule has 0 aliphatic heterocycles. The van der Waals surface area contributed by atoms with Crippen molar-refractivity contribution in [3.05, 3.63) is 18.2 Å². The number of nitrogens with zero attached hydrogens (tertiary/aromatic N) is 2. The maximum absolute atomic E-state index is 11.1. The van der Waals surface area contributed by atoms with Crippen LogP contribution in [-0.2, 0) is 5.54 Å². The fraction of sp³-hybridized carbons (Fsp3) is 0.600. The van der Waals surface area contributed by atoms with Gasteiger partial charge in [0.1, 0.15) is 0 Å². The molecule has 5 nitrogen and oxygen atoms in total. The van der Waals surface area contributed by atoms with Gasteiger partial charge in [0.2, 0.25) is 0 Å². The number of amides is 1. The SMILES string of the molecule is CC(C)(O)C(C)(C)n1ccnc1C(N)=O. The van der Waals surface area contributed by atoms with Gasteiger partial charge in [-0.05, 0) is 27.7 Å². The molecule has 5 heteroatoms. The zero-order valence-electron chi connectivity index (χ0n) is 9.48. The van der Waals surface area contributed by atoms with Crippen LogP contribution in [0.2, 0.25) is 0 Å². The summed E-state index contributed by atoms with van der Waals surface area (Å²) >= 11 is 0. The molecule has 15 heavy (non-hydrogen) atoms. The smallest absolute Gasteiger partial charge is 0.284 e. The van der Waals surface area contributed by atoms with Gasteiger partial charge in [-0.25, -0.2) is 4.98 Å². The Morgan fingerprint density at radius 1 is 1.47 bits per heavy atom. The van der Waals surface area contributed by atoms with Crippen LogP contribution < -0.4 is 5.73 Å². The van der Waals surface area contributed by atoms with E-state index in [0.29, 0.717) is 0 Å². The van der Waals surface area contributed by atoms with Crippen LogP contribution in [0, 0.1) is 0 Å². The zero-order valence-corrected chi connectivity index (χ0v) is 9.48. The molecule has 1 amide bonds. The quantitative estimate of drug-likeness (QED) is 0.763. The zero-order chi connectivity index (χ0) is 11.9. The Hall–Kier alpha value is -1.36. The summed E-state index contributed by atoms with van der Waals surface area (Å²) in [5.41, 5.74) is 3.55. The van der Waals surface area contributed by atoms with Gasteiger partial charge in [-0.1, -0.05) is 0 Å². The van der Waals surface area contributed by atoms with Crippen molar-refractivity contribution in [1.29, 1.82) is 0 Å². The molecular formula is C10H17N3O2. The minimum absolute atomic E-state index is 0.155. The third-order valence-electron chi connectivity index (χ3n) is 2.96. The van der Waals surface area contributed by atoms with E-state index in [9.17, 15) is 9.90 Å². The first-order valence-electron chi connectivity index (χ1n) is 4.74. The average Bonchev–Trinajstić information content (AvgIpc) is 2.48. The molecule has 0 aliphatic carbocycles. The fourth-order valence-corrected chi connectivity index (χ4v) is 1.23. The number of aliphatic hydroxyl groups is 1. The van der Waals surface area contributed by atoms with E-state index in [4.69, 9.17) is 5.73 Å². The Morgan fingerprint density at radius 3 is 2.40 bits per heavy atom. The second-order valence-corrected chi connectivity index (χ2v) is 4.60. The number of carbonyl (C=O) groups is 1. The third-order valence-corrected chi connectivity index (χ3v) is 2.96. The molecule has 1 aromatic heterocycles. The van der Waals surface area contributed by atoms with Crippen LogP contribution in [0.4, 0.5) is 0 Å². The van der Waals surface area contributed by atoms with Gasteiger partial charge in [0.25, 0.3) is 5.91 Å². The van der Waals surface area contributed by atoms with Crippen LogP contribution in [-0.4, -0.2) is 26.2 Å². The lowest BCUT2D eigenvalue weighted by Crippen LogP contribution is -2.48. The second kappa shape index (κ2) is 3.34. The molecule has 84 valence electrons. The van der Waals surface area contributed by atoms with E-state index in [-0.39, 0.29) is 5.82 Å². The summed E-state index contributed by atoms with van der Waals surface area (Å²) in [5, 5.41) is 10.0. The first kappa shape index (κ1) is 11.7. The summed E-state index contributed by atoms with van der Waals surface area (Å²) < 4.78 is 1.59. The summed E-state index contributed by atoms with van der Waals surface area (Å²) in [6, 6.07) is 0. The van der Waals surface area contributed by atoms with Gasteiger partial charge in [-0.2, -0.15) is 0 Å². The van der Waals surface area contributed by atoms with E-state index in [1.54, 1.807) is 24.6 Å². The van der Waals surface area contributed by atoms with E-state index >= 15 is 0 Å². The number of imidazole rings is 1. The maximum Gasteiger partial charge on any atom is 0.284 e. The molecule has 0 unspecified atom stereocenters. The van der Waals surface area contributed by atoms with Crippen LogP contribution in [0.3, 0.4) is 0 Å². The molecule has 0 aliphatic rings. The first-order valence-corrected chi connectivity index (χ1v) is 4.74. The predicted octanol–water partition coefficient (Wildman–Crippen LogP) is 0.488. The minimum Gasteiger partial charge on any atom is -0.388 e. The number of hydrogen-bond acceptors (Lipinski definition) is 3. The monoisotopic (exact) mass is 211 g/mol. The summed E-state index contributed by atoms with van der Waals surface area (Å²) in [4.78, 5) is 15.0. The Balaban J connectivity index is 3.27. The Labute approximate surface area is 88.9 Å². The van der Waals surface area contributed by atoms with Crippen LogP contribution >= 0.6 is 0 Å². The predicted molar refractivity (Wildman–Crippen MR) is 56.4 cm³/mol. The normalized spacial score (nSPS) is 12.9. The number of primary amides is 1. The molecule has 0 fully saturated rings. The van der Waals surface area contributed by atoms with Crippen molar-refractivity contribution >= 4 is 5.91 Å². The van der Waals surface area contributed by atoms with Gasteiger partial charge < -0.3 is 15.4 Å². The lowest BCUT2D eigenvalue weighted by molar-refractivity contribution is -0.0270. The fourth-order valence-electron chi connectivity index (χ4n) is 1.23. The Morgan fingerprint density at radius 2 is 2.00 bits per heavy atom. The van der Waals surface area contributed by atoms with E-state index in [1.165, 1.54) is 6.20 Å². The van der Waals surface area contributed by atoms with Crippen molar-refractivity contribution in [3.63, 3.8) is 0 Å². The van der Waals surface area contributed by atoms with E-state index in [1.807, 2.05) is 13.8 Å². The van der Waals surface area contributed by atoms with Gasteiger partial charge in [0, 0.05) is 12.4 Å². The number of carbonyl (C=O) groups excluding carboxylic acids is 1. The topological polar surface area (TPSA) is 81.1 Å². The van der Waals surface area contributed by atoms with Gasteiger partial charge in [0.05, 0.1) is 11.1 Å². The highest BCUT2D eigenvalue weighted by Crippen LogP contribution is 2.29. The number of hydrogen-bond donors (Lipinski definition) is 2. The molecule has 1 heterocycles. The highest BCUT2D eigenvalue weighted by molar-refractivity contribution is 5.89. The molecule has 0 aromatic carbocycles. The van der Waals surface area contributed by atoms with Gasteiger partial charge in [-0.15, -0.1) is 0 Å². The molecule has 0 atom stereocenters. The third kappa shape index (κ3) is 1.87. The van der Waals surface area contributed by atoms with Crippen LogP contribution in [0.25, 0.3) is 0 Å². The van der Waals surface area contributed by atoms with Crippen molar-refractivity contribution in [1.82, 2.24) is 9.55 Å². The highest BCUT2D eigenvalue weighted by Gasteiger charge is 2.38. The van der Waals surface area contributed by atoms with E-state index in [2.05, 4.69) is 4.98 Å². The van der Waals surface area contributed by atoms with Crippen LogP contribution in [0.5, 0.6) is 0 Å². The molecule has 0 saturated carbocycles. The highest BCUT2D eigenvalue weighted by atomic mass is 16.3. The van der Waals surface area contributed by atoms with E-state index < -0.39 is 17.0 Å². The standard InChI is InChI=1S/C10H17N3O2/c1-9(2,10(3,4)15)13-6-5-12-8(13)7(11)14/h5-6,15H,1-4H3,(H2,11,14). The average molecular weight is 211 g/mol. The lowest BCUT2D eigenvalue weighted by atomic mass is 9.85. The Bertz CT molecular complexity index is 374. The summed E-state index contributed by atoms with van der Waals surface area (Å²) in [5.74, 6) is -0.445. The molecule has 0 radical (unpaired) electrons. The summed E-state index contributed by atoms with van der Waals surface area (Å²) in [6.07, 6.45) is 3.13. The van der Waals surface area contributed by atoms with Crippen molar-refractivity contribution in [3.8, 4) is 0 Å². The first-order chi connectivity index (χ1) is 6.68. The molecule has 0 saturated heterocycles. The van der Waals surface area contributed by atoms with Gasteiger partial charge >= 0.3 is 0 Å². The maximum atomic E-state index is 11.1. The van der Waals surface area contributed by atoms with Gasteiger partial charge in [-0.3, -0.25) is 4.79 Å². The van der Waals surface area contributed by atoms with E-state index in [0.717, 1.165) is 0 Å². The number of nitrogens with two attached hydrogens (primary N) is 1. The summed E-state index contributed by atoms with van der Waals surface area (Å²) in [6.45, 7) is 7.00. The molecule has 0 spiro atoms. The lowest BCUT2D eigenvalue weighted by Gasteiger charge is -2.39. The molecular weight excluding hydrogens is 194 g/mol. The Kier molecular flexibility index (Phi) is 2.61. The molecule has 1 rings (SSSR count). The second-order valence-electron chi connectivity index (χ2n) is 4.60. The van der Waals surface area contributed by atoms with Gasteiger partial charge in [0.15, 0.2) is 5.82 Å². The number of aromatic nitrogens is 2. The summed E-state index contributed by atoms with van der Waals surface area (Å²) in [7, 11) is 0. The van der Waals surface area contributed by atoms with Crippen LogP contribution in [0.15, 0.2) is 12.4 Å². The van der Waals surface area contributed by atoms with Crippen molar-refractivity contribution in [2.24, 2.45) is 5.73 Å². The van der Waals surface area contributed by atoms with Crippen molar-refractivity contribution in [2.45, 2.75) is 38.8 Å². The van der Waals surface area contributed by atoms with Crippen molar-refractivity contribution < 1.29 is 9.90 Å². The van der Waals surface area contributed by atoms with Crippen molar-refractivity contribution in [2.75, 3.05) is 0 Å². The van der Waals surface area contributed by atoms with Crippen LogP contribution in [0.1, 0.15) is 38.3 Å². The molecule has 3 N–H and O–H groups in total. The largest absolute Gasteiger partial charge is 0.388 e.